The lowest BCUT2D eigenvalue weighted by Crippen LogP contribution is -2.44. The summed E-state index contributed by atoms with van der Waals surface area (Å²) in [6, 6.07) is -0.525. The summed E-state index contributed by atoms with van der Waals surface area (Å²) in [6.07, 6.45) is 0. The molecule has 5 nitrogen and oxygen atoms in total. The average Bonchev–Trinajstić information content (AvgIpc) is 2.11. The highest BCUT2D eigenvalue weighted by Gasteiger charge is 2.15. The number of nitrogens with zero attached hydrogens (tertiary/aromatic N) is 1. The van der Waals surface area contributed by atoms with E-state index in [0.717, 1.165) is 0 Å². The van der Waals surface area contributed by atoms with Gasteiger partial charge < -0.3 is 20.5 Å². The molecule has 1 atom stereocenters. The number of carbonyl (C=O) groups excluding carboxylic acids is 1. The van der Waals surface area contributed by atoms with E-state index in [4.69, 9.17) is 15.6 Å². The molecule has 1 amide bonds. The second-order valence-electron chi connectivity index (χ2n) is 2.83. The fourth-order valence-electron chi connectivity index (χ4n) is 0.942. The van der Waals surface area contributed by atoms with Crippen LogP contribution in [0.4, 0.5) is 0 Å². The summed E-state index contributed by atoms with van der Waals surface area (Å²) < 4.78 is 4.83. The van der Waals surface area contributed by atoms with Crippen LogP contribution in [-0.4, -0.2) is 55.4 Å². The van der Waals surface area contributed by atoms with Gasteiger partial charge in [0.05, 0.1) is 19.3 Å². The zero-order valence-electron chi connectivity index (χ0n) is 8.19. The van der Waals surface area contributed by atoms with Gasteiger partial charge in [0, 0.05) is 20.2 Å². The van der Waals surface area contributed by atoms with Gasteiger partial charge in [-0.05, 0) is 6.92 Å². The summed E-state index contributed by atoms with van der Waals surface area (Å²) in [5.74, 6) is -0.161. The molecule has 0 rings (SSSR count). The molecule has 0 aromatic heterocycles. The number of ether oxygens (including phenoxy) is 1. The van der Waals surface area contributed by atoms with Gasteiger partial charge in [0.15, 0.2) is 0 Å². The molecule has 13 heavy (non-hydrogen) atoms. The van der Waals surface area contributed by atoms with Crippen LogP contribution in [0.5, 0.6) is 0 Å². The lowest BCUT2D eigenvalue weighted by molar-refractivity contribution is -0.133. The van der Waals surface area contributed by atoms with Crippen molar-refractivity contribution < 1.29 is 14.6 Å². The van der Waals surface area contributed by atoms with Gasteiger partial charge in [0.2, 0.25) is 5.91 Å². The molecule has 0 fully saturated rings. The standard InChI is InChI=1S/C8H18N2O3/c1-7(9)8(12)10(3-5-11)4-6-13-2/h7,11H,3-6,9H2,1-2H3. The highest BCUT2D eigenvalue weighted by Crippen LogP contribution is 1.92. The maximum absolute atomic E-state index is 11.4. The smallest absolute Gasteiger partial charge is 0.239 e. The Morgan fingerprint density at radius 2 is 2.23 bits per heavy atom. The molecule has 0 radical (unpaired) electrons. The molecule has 78 valence electrons. The Balaban J connectivity index is 3.99. The molecule has 0 aliphatic rings. The van der Waals surface area contributed by atoms with Gasteiger partial charge >= 0.3 is 0 Å². The molecule has 0 bridgehead atoms. The lowest BCUT2D eigenvalue weighted by Gasteiger charge is -2.22. The number of aliphatic hydroxyl groups excluding tert-OH is 1. The number of hydrogen-bond donors (Lipinski definition) is 2. The van der Waals surface area contributed by atoms with Crippen LogP contribution in [0.15, 0.2) is 0 Å². The van der Waals surface area contributed by atoms with Gasteiger partial charge in [-0.25, -0.2) is 0 Å². The van der Waals surface area contributed by atoms with Gasteiger partial charge in [-0.2, -0.15) is 0 Å². The van der Waals surface area contributed by atoms with E-state index in [2.05, 4.69) is 0 Å². The van der Waals surface area contributed by atoms with Gasteiger partial charge in [-0.15, -0.1) is 0 Å². The predicted octanol–water partition coefficient (Wildman–Crippen LogP) is -1.20. The van der Waals surface area contributed by atoms with Crippen LogP contribution in [0.25, 0.3) is 0 Å². The first-order valence-electron chi connectivity index (χ1n) is 4.27. The van der Waals surface area contributed by atoms with Crippen LogP contribution in [0, 0.1) is 0 Å². The molecule has 0 aromatic carbocycles. The van der Waals surface area contributed by atoms with E-state index in [-0.39, 0.29) is 12.5 Å². The second-order valence-corrected chi connectivity index (χ2v) is 2.83. The number of hydrogen-bond acceptors (Lipinski definition) is 4. The van der Waals surface area contributed by atoms with Gasteiger partial charge in [0.25, 0.3) is 0 Å². The van der Waals surface area contributed by atoms with Crippen LogP contribution >= 0.6 is 0 Å². The number of rotatable bonds is 6. The quantitative estimate of drug-likeness (QED) is 0.551. The van der Waals surface area contributed by atoms with Crippen molar-refractivity contribution in [3.63, 3.8) is 0 Å². The van der Waals surface area contributed by atoms with Gasteiger partial charge in [-0.1, -0.05) is 0 Å². The SMILES string of the molecule is COCCN(CCO)C(=O)C(C)N. The number of nitrogens with two attached hydrogens (primary N) is 1. The molecular formula is C8H18N2O3. The molecule has 0 saturated carbocycles. The Bertz CT molecular complexity index is 150. The van der Waals surface area contributed by atoms with Crippen molar-refractivity contribution in [1.82, 2.24) is 4.90 Å². The highest BCUT2D eigenvalue weighted by atomic mass is 16.5. The first kappa shape index (κ1) is 12.3. The molecule has 3 N–H and O–H groups in total. The first-order valence-corrected chi connectivity index (χ1v) is 4.27. The monoisotopic (exact) mass is 190 g/mol. The topological polar surface area (TPSA) is 75.8 Å². The van der Waals surface area contributed by atoms with Crippen LogP contribution in [0.2, 0.25) is 0 Å². The largest absolute Gasteiger partial charge is 0.395 e. The molecule has 0 heterocycles. The second kappa shape index (κ2) is 6.82. The Morgan fingerprint density at radius 1 is 1.62 bits per heavy atom. The molecule has 0 saturated heterocycles. The maximum atomic E-state index is 11.4. The van der Waals surface area contributed by atoms with E-state index in [1.54, 1.807) is 14.0 Å². The van der Waals surface area contributed by atoms with Crippen molar-refractivity contribution in [2.24, 2.45) is 5.73 Å². The summed E-state index contributed by atoms with van der Waals surface area (Å²) in [6.45, 7) is 2.81. The van der Waals surface area contributed by atoms with E-state index in [1.165, 1.54) is 4.90 Å². The van der Waals surface area contributed by atoms with E-state index < -0.39 is 6.04 Å². The van der Waals surface area contributed by atoms with Crippen LogP contribution < -0.4 is 5.73 Å². The Kier molecular flexibility index (Phi) is 6.48. The third-order valence-electron chi connectivity index (χ3n) is 1.64. The van der Waals surface area contributed by atoms with Crippen molar-refractivity contribution in [2.45, 2.75) is 13.0 Å². The van der Waals surface area contributed by atoms with Crippen molar-refractivity contribution in [3.05, 3.63) is 0 Å². The molecule has 0 aliphatic carbocycles. The summed E-state index contributed by atoms with van der Waals surface area (Å²) in [5, 5.41) is 8.69. The summed E-state index contributed by atoms with van der Waals surface area (Å²) in [5.41, 5.74) is 5.43. The van der Waals surface area contributed by atoms with Crippen LogP contribution in [0.1, 0.15) is 6.92 Å². The number of carbonyl (C=O) groups is 1. The van der Waals surface area contributed by atoms with E-state index in [0.29, 0.717) is 19.7 Å². The van der Waals surface area contributed by atoms with E-state index in [9.17, 15) is 4.79 Å². The highest BCUT2D eigenvalue weighted by molar-refractivity contribution is 5.81. The van der Waals surface area contributed by atoms with E-state index >= 15 is 0 Å². The average molecular weight is 190 g/mol. The molecule has 0 aliphatic heterocycles. The summed E-state index contributed by atoms with van der Waals surface area (Å²) in [7, 11) is 1.56. The predicted molar refractivity (Wildman–Crippen MR) is 49.2 cm³/mol. The van der Waals surface area contributed by atoms with Gasteiger partial charge in [-0.3, -0.25) is 4.79 Å². The molecule has 1 unspecified atom stereocenters. The van der Waals surface area contributed by atoms with Crippen molar-refractivity contribution in [3.8, 4) is 0 Å². The maximum Gasteiger partial charge on any atom is 0.239 e. The minimum atomic E-state index is -0.525. The summed E-state index contributed by atoms with van der Waals surface area (Å²) >= 11 is 0. The van der Waals surface area contributed by atoms with Crippen LogP contribution in [0.3, 0.4) is 0 Å². The zero-order chi connectivity index (χ0) is 10.3. The van der Waals surface area contributed by atoms with Crippen molar-refractivity contribution in [2.75, 3.05) is 33.4 Å². The molecule has 0 aromatic rings. The van der Waals surface area contributed by atoms with Crippen molar-refractivity contribution in [1.29, 1.82) is 0 Å². The Labute approximate surface area is 78.5 Å². The van der Waals surface area contributed by atoms with Crippen molar-refractivity contribution >= 4 is 5.91 Å². The summed E-state index contributed by atoms with van der Waals surface area (Å²) in [4.78, 5) is 12.9. The Morgan fingerprint density at radius 3 is 2.62 bits per heavy atom. The third-order valence-corrected chi connectivity index (χ3v) is 1.64. The normalized spacial score (nSPS) is 12.6. The van der Waals surface area contributed by atoms with E-state index in [1.807, 2.05) is 0 Å². The third kappa shape index (κ3) is 4.82. The first-order chi connectivity index (χ1) is 6.13. The fourth-order valence-corrected chi connectivity index (χ4v) is 0.942. The fraction of sp³-hybridized carbons (Fsp3) is 0.875. The zero-order valence-corrected chi connectivity index (χ0v) is 8.19. The molecule has 5 heteroatoms. The minimum Gasteiger partial charge on any atom is -0.395 e. The Hall–Kier alpha value is -0.650. The molecule has 0 spiro atoms. The molecular weight excluding hydrogens is 172 g/mol. The number of methoxy groups -OCH3 is 1. The van der Waals surface area contributed by atoms with Gasteiger partial charge in [0.1, 0.15) is 0 Å². The van der Waals surface area contributed by atoms with Crippen LogP contribution in [-0.2, 0) is 9.53 Å². The minimum absolute atomic E-state index is 0.0534. The lowest BCUT2D eigenvalue weighted by atomic mass is 10.3. The number of amides is 1. The number of aliphatic hydroxyl groups is 1.